The molecule has 2 unspecified atom stereocenters. The Morgan fingerprint density at radius 1 is 1.56 bits per heavy atom. The molecule has 2 atom stereocenters. The molecule has 1 saturated carbocycles. The summed E-state index contributed by atoms with van der Waals surface area (Å²) < 4.78 is 13.8. The minimum Gasteiger partial charge on any atom is -0.207 e. The van der Waals surface area contributed by atoms with E-state index in [-0.39, 0.29) is 11.2 Å². The van der Waals surface area contributed by atoms with E-state index in [0.717, 1.165) is 29.3 Å². The molecule has 0 radical (unpaired) electrons. The fourth-order valence-corrected chi connectivity index (χ4v) is 3.48. The van der Waals surface area contributed by atoms with Gasteiger partial charge in [-0.3, -0.25) is 0 Å². The number of nitrogens with zero attached hydrogens (tertiary/aromatic N) is 1. The van der Waals surface area contributed by atoms with E-state index in [1.165, 1.54) is 18.6 Å². The number of nitriles is 1. The molecule has 1 fully saturated rings. The zero-order valence-corrected chi connectivity index (χ0v) is 12.1. The predicted molar refractivity (Wildman–Crippen MR) is 73.5 cm³/mol. The maximum Gasteiger partial charge on any atom is 0.124 e. The molecule has 0 saturated heterocycles. The van der Waals surface area contributed by atoms with Crippen molar-refractivity contribution in [1.82, 2.24) is 0 Å². The lowest BCUT2D eigenvalue weighted by Gasteiger charge is -2.34. The van der Waals surface area contributed by atoms with Gasteiger partial charge in [0, 0.05) is 4.47 Å². The van der Waals surface area contributed by atoms with E-state index in [4.69, 9.17) is 0 Å². The van der Waals surface area contributed by atoms with Gasteiger partial charge in [-0.2, -0.15) is 5.26 Å². The molecular weight excluding hydrogens is 293 g/mol. The highest BCUT2D eigenvalue weighted by Crippen LogP contribution is 2.42. The smallest absolute Gasteiger partial charge is 0.124 e. The zero-order valence-electron chi connectivity index (χ0n) is 10.5. The maximum atomic E-state index is 13.1. The summed E-state index contributed by atoms with van der Waals surface area (Å²) >= 11 is 3.39. The third-order valence-corrected chi connectivity index (χ3v) is 4.61. The van der Waals surface area contributed by atoms with Crippen LogP contribution < -0.4 is 0 Å². The number of rotatable bonds is 2. The van der Waals surface area contributed by atoms with Gasteiger partial charge in [0.1, 0.15) is 5.82 Å². The minimum atomic E-state index is -0.266. The van der Waals surface area contributed by atoms with Crippen LogP contribution in [-0.2, 0) is 6.42 Å². The molecule has 1 aliphatic rings. The van der Waals surface area contributed by atoms with E-state index in [2.05, 4.69) is 28.9 Å². The van der Waals surface area contributed by atoms with Crippen LogP contribution >= 0.6 is 15.9 Å². The molecule has 1 aromatic carbocycles. The Labute approximate surface area is 116 Å². The topological polar surface area (TPSA) is 23.8 Å². The standard InChI is InChI=1S/C15H17BrFN/c1-11-3-2-6-15(8-11,10-18)9-12-4-5-13(17)7-14(12)16/h4-5,7,11H,2-3,6,8-9H2,1H3. The Morgan fingerprint density at radius 2 is 2.33 bits per heavy atom. The van der Waals surface area contributed by atoms with Gasteiger partial charge in [0.25, 0.3) is 0 Å². The van der Waals surface area contributed by atoms with Crippen molar-refractivity contribution < 1.29 is 4.39 Å². The quantitative estimate of drug-likeness (QED) is 0.766. The molecule has 0 heterocycles. The molecule has 96 valence electrons. The van der Waals surface area contributed by atoms with E-state index in [1.807, 2.05) is 0 Å². The molecule has 1 nitrogen and oxygen atoms in total. The van der Waals surface area contributed by atoms with Gasteiger partial charge in [-0.1, -0.05) is 41.8 Å². The van der Waals surface area contributed by atoms with Crippen molar-refractivity contribution >= 4 is 15.9 Å². The minimum absolute atomic E-state index is 0.242. The molecule has 0 aliphatic heterocycles. The molecule has 1 aliphatic carbocycles. The SMILES string of the molecule is CC1CCCC(C#N)(Cc2ccc(F)cc2Br)C1. The van der Waals surface area contributed by atoms with Crippen LogP contribution in [0.2, 0.25) is 0 Å². The second kappa shape index (κ2) is 5.40. The van der Waals surface area contributed by atoms with Crippen molar-refractivity contribution in [3.63, 3.8) is 0 Å². The van der Waals surface area contributed by atoms with Crippen molar-refractivity contribution in [2.24, 2.45) is 11.3 Å². The number of hydrogen-bond acceptors (Lipinski definition) is 1. The Balaban J connectivity index is 2.22. The third kappa shape index (κ3) is 2.92. The summed E-state index contributed by atoms with van der Waals surface area (Å²) in [6.07, 6.45) is 4.96. The first-order chi connectivity index (χ1) is 8.54. The van der Waals surface area contributed by atoms with Gasteiger partial charge in [-0.15, -0.1) is 0 Å². The van der Waals surface area contributed by atoms with Crippen LogP contribution in [0.3, 0.4) is 0 Å². The summed E-state index contributed by atoms with van der Waals surface area (Å²) in [7, 11) is 0. The van der Waals surface area contributed by atoms with E-state index in [0.29, 0.717) is 12.3 Å². The number of halogens is 2. The van der Waals surface area contributed by atoms with E-state index >= 15 is 0 Å². The van der Waals surface area contributed by atoms with Crippen LogP contribution in [-0.4, -0.2) is 0 Å². The third-order valence-electron chi connectivity index (χ3n) is 3.87. The molecule has 0 bridgehead atoms. The van der Waals surface area contributed by atoms with Crippen LogP contribution in [0.1, 0.15) is 38.2 Å². The van der Waals surface area contributed by atoms with E-state index < -0.39 is 0 Å². The first kappa shape index (κ1) is 13.5. The highest BCUT2D eigenvalue weighted by Gasteiger charge is 2.35. The van der Waals surface area contributed by atoms with Crippen LogP contribution in [0.4, 0.5) is 4.39 Å². The molecule has 0 amide bonds. The van der Waals surface area contributed by atoms with Crippen LogP contribution in [0.5, 0.6) is 0 Å². The fraction of sp³-hybridized carbons (Fsp3) is 0.533. The Morgan fingerprint density at radius 3 is 2.94 bits per heavy atom. The Kier molecular flexibility index (Phi) is 4.07. The van der Waals surface area contributed by atoms with Crippen LogP contribution in [0.15, 0.2) is 22.7 Å². The van der Waals surface area contributed by atoms with E-state index in [9.17, 15) is 9.65 Å². The van der Waals surface area contributed by atoms with Gasteiger partial charge in [-0.05, 0) is 42.9 Å². The summed E-state index contributed by atoms with van der Waals surface area (Å²) in [5, 5.41) is 9.53. The summed E-state index contributed by atoms with van der Waals surface area (Å²) in [6.45, 7) is 2.21. The van der Waals surface area contributed by atoms with Gasteiger partial charge in [0.05, 0.1) is 11.5 Å². The molecule has 1 aromatic rings. The highest BCUT2D eigenvalue weighted by molar-refractivity contribution is 9.10. The Bertz CT molecular complexity index is 480. The number of hydrogen-bond donors (Lipinski definition) is 0. The average Bonchev–Trinajstić information content (AvgIpc) is 2.33. The molecule has 2 rings (SSSR count). The van der Waals surface area contributed by atoms with Crippen molar-refractivity contribution in [3.05, 3.63) is 34.1 Å². The highest BCUT2D eigenvalue weighted by atomic mass is 79.9. The molecule has 0 spiro atoms. The predicted octanol–water partition coefficient (Wildman–Crippen LogP) is 4.85. The lowest BCUT2D eigenvalue weighted by atomic mass is 9.68. The van der Waals surface area contributed by atoms with Crippen molar-refractivity contribution in [2.75, 3.05) is 0 Å². The molecular formula is C15H17BrFN. The second-order valence-corrected chi connectivity index (χ2v) is 6.36. The van der Waals surface area contributed by atoms with Crippen molar-refractivity contribution in [3.8, 4) is 6.07 Å². The number of benzene rings is 1. The maximum absolute atomic E-state index is 13.1. The van der Waals surface area contributed by atoms with Crippen molar-refractivity contribution in [2.45, 2.75) is 39.0 Å². The van der Waals surface area contributed by atoms with Crippen LogP contribution in [0.25, 0.3) is 0 Å². The molecule has 0 N–H and O–H groups in total. The normalized spacial score (nSPS) is 27.8. The average molecular weight is 310 g/mol. The fourth-order valence-electron chi connectivity index (χ4n) is 2.99. The summed E-state index contributed by atoms with van der Waals surface area (Å²) in [6, 6.07) is 7.26. The summed E-state index contributed by atoms with van der Waals surface area (Å²) in [5.41, 5.74) is 0.768. The van der Waals surface area contributed by atoms with Gasteiger partial charge in [0.15, 0.2) is 0 Å². The summed E-state index contributed by atoms with van der Waals surface area (Å²) in [5.74, 6) is 0.367. The lowest BCUT2D eigenvalue weighted by Crippen LogP contribution is -2.28. The van der Waals surface area contributed by atoms with Gasteiger partial charge < -0.3 is 0 Å². The van der Waals surface area contributed by atoms with Crippen molar-refractivity contribution in [1.29, 1.82) is 5.26 Å². The van der Waals surface area contributed by atoms with Gasteiger partial charge in [0.2, 0.25) is 0 Å². The molecule has 18 heavy (non-hydrogen) atoms. The largest absolute Gasteiger partial charge is 0.207 e. The first-order valence-electron chi connectivity index (χ1n) is 6.40. The monoisotopic (exact) mass is 309 g/mol. The van der Waals surface area contributed by atoms with E-state index in [1.54, 1.807) is 6.07 Å². The van der Waals surface area contributed by atoms with Gasteiger partial charge in [-0.25, -0.2) is 4.39 Å². The Hall–Kier alpha value is -0.880. The first-order valence-corrected chi connectivity index (χ1v) is 7.19. The molecule has 0 aromatic heterocycles. The van der Waals surface area contributed by atoms with Gasteiger partial charge >= 0.3 is 0 Å². The lowest BCUT2D eigenvalue weighted by molar-refractivity contribution is 0.209. The molecule has 3 heteroatoms. The van der Waals surface area contributed by atoms with Crippen LogP contribution in [0, 0.1) is 28.5 Å². The zero-order chi connectivity index (χ0) is 13.2. The summed E-state index contributed by atoms with van der Waals surface area (Å²) in [4.78, 5) is 0. The second-order valence-electron chi connectivity index (χ2n) is 5.51.